The number of rotatable bonds is 6. The molecular formula is C25H27ClFN5O4. The predicted octanol–water partition coefficient (Wildman–Crippen LogP) is 3.58. The van der Waals surface area contributed by atoms with Gasteiger partial charge in [0.2, 0.25) is 0 Å². The summed E-state index contributed by atoms with van der Waals surface area (Å²) in [6, 6.07) is 4.89. The molecule has 0 radical (unpaired) electrons. The maximum atomic E-state index is 15.4. The van der Waals surface area contributed by atoms with Crippen LogP contribution in [0.1, 0.15) is 48.0 Å². The molecule has 0 bridgehead atoms. The summed E-state index contributed by atoms with van der Waals surface area (Å²) in [5.74, 6) is -1.12. The molecule has 2 aliphatic heterocycles. The maximum absolute atomic E-state index is 15.4. The SMILES string of the molecule is CNc1cc(C(=O)N[C@@H](CC2CC2)C(=O)N2C(=O)O[C@]3(CCCNC3)c3c2ccc(Cl)c3F)ccn1. The molecule has 1 aromatic carbocycles. The fourth-order valence-electron chi connectivity index (χ4n) is 4.92. The molecule has 1 spiro atoms. The van der Waals surface area contributed by atoms with Gasteiger partial charge in [-0.1, -0.05) is 24.4 Å². The molecule has 3 heterocycles. The molecule has 1 saturated heterocycles. The lowest BCUT2D eigenvalue weighted by Gasteiger charge is -2.44. The number of pyridine rings is 1. The Bertz CT molecular complexity index is 1210. The van der Waals surface area contributed by atoms with Gasteiger partial charge in [0.15, 0.2) is 11.4 Å². The van der Waals surface area contributed by atoms with Crippen LogP contribution >= 0.6 is 11.6 Å². The summed E-state index contributed by atoms with van der Waals surface area (Å²) in [7, 11) is 1.68. The van der Waals surface area contributed by atoms with E-state index in [-0.39, 0.29) is 28.7 Å². The molecule has 190 valence electrons. The molecule has 11 heteroatoms. The second-order valence-corrected chi connectivity index (χ2v) is 9.86. The third kappa shape index (κ3) is 4.51. The summed E-state index contributed by atoms with van der Waals surface area (Å²) in [6.07, 6.45) is 3.87. The molecule has 2 atom stereocenters. The van der Waals surface area contributed by atoms with Crippen LogP contribution < -0.4 is 20.9 Å². The van der Waals surface area contributed by atoms with Crippen molar-refractivity contribution < 1.29 is 23.5 Å². The van der Waals surface area contributed by atoms with Crippen molar-refractivity contribution >= 4 is 41.0 Å². The molecule has 1 aromatic heterocycles. The average molecular weight is 516 g/mol. The predicted molar refractivity (Wildman–Crippen MR) is 132 cm³/mol. The van der Waals surface area contributed by atoms with Crippen LogP contribution in [-0.4, -0.2) is 49.1 Å². The molecule has 0 unspecified atom stereocenters. The Morgan fingerprint density at radius 1 is 1.36 bits per heavy atom. The third-order valence-corrected chi connectivity index (χ3v) is 7.24. The number of aromatic nitrogens is 1. The fraction of sp³-hybridized carbons (Fsp3) is 0.440. The quantitative estimate of drug-likeness (QED) is 0.539. The minimum atomic E-state index is -1.26. The molecule has 2 aromatic rings. The molecule has 1 aliphatic carbocycles. The Balaban J connectivity index is 1.49. The zero-order chi connectivity index (χ0) is 25.4. The number of amides is 3. The van der Waals surface area contributed by atoms with Crippen LogP contribution in [0.15, 0.2) is 30.5 Å². The summed E-state index contributed by atoms with van der Waals surface area (Å²) < 4.78 is 21.2. The zero-order valence-corrected chi connectivity index (χ0v) is 20.5. The molecule has 5 rings (SSSR count). The normalized spacial score (nSPS) is 22.0. The number of ether oxygens (including phenoxy) is 1. The zero-order valence-electron chi connectivity index (χ0n) is 19.8. The van der Waals surface area contributed by atoms with E-state index in [4.69, 9.17) is 16.3 Å². The van der Waals surface area contributed by atoms with Gasteiger partial charge in [-0.2, -0.15) is 0 Å². The van der Waals surface area contributed by atoms with Crippen molar-refractivity contribution in [3.05, 3.63) is 52.4 Å². The number of fused-ring (bicyclic) bond motifs is 2. The number of nitrogens with zero attached hydrogens (tertiary/aromatic N) is 2. The van der Waals surface area contributed by atoms with Crippen LogP contribution in [0, 0.1) is 11.7 Å². The van der Waals surface area contributed by atoms with E-state index in [2.05, 4.69) is 20.9 Å². The molecule has 9 nitrogen and oxygen atoms in total. The van der Waals surface area contributed by atoms with Crippen molar-refractivity contribution in [1.29, 1.82) is 0 Å². The van der Waals surface area contributed by atoms with Crippen molar-refractivity contribution in [2.24, 2.45) is 5.92 Å². The van der Waals surface area contributed by atoms with Crippen LogP contribution in [0.3, 0.4) is 0 Å². The van der Waals surface area contributed by atoms with Crippen molar-refractivity contribution in [2.75, 3.05) is 30.4 Å². The molecule has 3 aliphatic rings. The lowest BCUT2D eigenvalue weighted by molar-refractivity contribution is -0.121. The minimum Gasteiger partial charge on any atom is -0.436 e. The minimum absolute atomic E-state index is 0.0828. The van der Waals surface area contributed by atoms with Gasteiger partial charge in [-0.05, 0) is 56.0 Å². The van der Waals surface area contributed by atoms with Gasteiger partial charge in [-0.15, -0.1) is 0 Å². The van der Waals surface area contributed by atoms with Crippen molar-refractivity contribution in [1.82, 2.24) is 15.6 Å². The molecule has 36 heavy (non-hydrogen) atoms. The molecule has 2 fully saturated rings. The van der Waals surface area contributed by atoms with Gasteiger partial charge in [0.25, 0.3) is 11.8 Å². The number of imide groups is 1. The van der Waals surface area contributed by atoms with E-state index in [1.807, 2.05) is 0 Å². The highest BCUT2D eigenvalue weighted by Crippen LogP contribution is 2.46. The number of anilines is 2. The first-order valence-electron chi connectivity index (χ1n) is 12.0. The highest BCUT2D eigenvalue weighted by atomic mass is 35.5. The third-order valence-electron chi connectivity index (χ3n) is 6.95. The highest BCUT2D eigenvalue weighted by molar-refractivity contribution is 6.31. The van der Waals surface area contributed by atoms with Crippen LogP contribution in [0.4, 0.5) is 20.7 Å². The molecule has 1 saturated carbocycles. The number of piperidine rings is 1. The Morgan fingerprint density at radius 2 is 2.17 bits per heavy atom. The molecule has 3 amide bonds. The molecular weight excluding hydrogens is 489 g/mol. The topological polar surface area (TPSA) is 113 Å². The summed E-state index contributed by atoms with van der Waals surface area (Å²) in [5.41, 5.74) is -0.765. The average Bonchev–Trinajstić information content (AvgIpc) is 3.70. The largest absolute Gasteiger partial charge is 0.436 e. The van der Waals surface area contributed by atoms with Gasteiger partial charge in [0, 0.05) is 25.4 Å². The summed E-state index contributed by atoms with van der Waals surface area (Å²) >= 11 is 6.11. The van der Waals surface area contributed by atoms with Gasteiger partial charge in [-0.3, -0.25) is 9.59 Å². The van der Waals surface area contributed by atoms with E-state index in [1.165, 1.54) is 24.4 Å². The number of halogens is 2. The number of hydrogen-bond donors (Lipinski definition) is 3. The van der Waals surface area contributed by atoms with Gasteiger partial charge in [0.05, 0.1) is 16.3 Å². The van der Waals surface area contributed by atoms with E-state index in [1.54, 1.807) is 13.1 Å². The number of hydrogen-bond acceptors (Lipinski definition) is 7. The van der Waals surface area contributed by atoms with Gasteiger partial charge in [-0.25, -0.2) is 19.1 Å². The standard InChI is InChI=1S/C25H27ClFN5O4/c1-28-19-12-15(7-10-30-19)22(33)31-17(11-14-3-4-14)23(34)32-18-6-5-16(26)21(27)20(18)25(36-24(32)35)8-2-9-29-13-25/h5-7,10,12,14,17,29H,2-4,8-9,11,13H2,1H3,(H,28,30)(H,31,33)/t17-,25-/m0/s1. The lowest BCUT2D eigenvalue weighted by Crippen LogP contribution is -2.58. The van der Waals surface area contributed by atoms with Gasteiger partial charge in [0.1, 0.15) is 11.9 Å². The smallest absolute Gasteiger partial charge is 0.422 e. The second kappa shape index (κ2) is 9.67. The number of nitrogens with one attached hydrogen (secondary N) is 3. The van der Waals surface area contributed by atoms with Crippen LogP contribution in [0.2, 0.25) is 5.02 Å². The van der Waals surface area contributed by atoms with Crippen molar-refractivity contribution in [2.45, 2.75) is 43.7 Å². The Labute approximate surface area is 212 Å². The first kappa shape index (κ1) is 24.5. The lowest BCUT2D eigenvalue weighted by atomic mass is 9.83. The van der Waals surface area contributed by atoms with Crippen LogP contribution in [-0.2, 0) is 15.1 Å². The fourth-order valence-corrected chi connectivity index (χ4v) is 5.08. The molecule has 3 N–H and O–H groups in total. The van der Waals surface area contributed by atoms with Crippen LogP contribution in [0.25, 0.3) is 0 Å². The number of carbonyl (C=O) groups excluding carboxylic acids is 3. The summed E-state index contributed by atoms with van der Waals surface area (Å²) in [4.78, 5) is 45.1. The van der Waals surface area contributed by atoms with Gasteiger partial charge >= 0.3 is 6.09 Å². The summed E-state index contributed by atoms with van der Waals surface area (Å²) in [6.45, 7) is 0.919. The van der Waals surface area contributed by atoms with Gasteiger partial charge < -0.3 is 20.7 Å². The van der Waals surface area contributed by atoms with E-state index in [0.29, 0.717) is 37.2 Å². The van der Waals surface area contributed by atoms with E-state index >= 15 is 4.39 Å². The van der Waals surface area contributed by atoms with Crippen molar-refractivity contribution in [3.8, 4) is 0 Å². The first-order valence-corrected chi connectivity index (χ1v) is 12.4. The van der Waals surface area contributed by atoms with Crippen molar-refractivity contribution in [3.63, 3.8) is 0 Å². The Morgan fingerprint density at radius 3 is 2.86 bits per heavy atom. The van der Waals surface area contributed by atoms with E-state index in [9.17, 15) is 14.4 Å². The number of benzene rings is 1. The van der Waals surface area contributed by atoms with E-state index < -0.39 is 35.4 Å². The Kier molecular flexibility index (Phi) is 6.57. The number of carbonyl (C=O) groups is 3. The van der Waals surface area contributed by atoms with Crippen LogP contribution in [0.5, 0.6) is 0 Å². The first-order chi connectivity index (χ1) is 17.3. The maximum Gasteiger partial charge on any atom is 0.422 e. The highest BCUT2D eigenvalue weighted by Gasteiger charge is 2.51. The monoisotopic (exact) mass is 515 g/mol. The summed E-state index contributed by atoms with van der Waals surface area (Å²) in [5, 5.41) is 8.67. The Hall–Kier alpha value is -3.24. The second-order valence-electron chi connectivity index (χ2n) is 9.46. The van der Waals surface area contributed by atoms with E-state index in [0.717, 1.165) is 17.7 Å².